The van der Waals surface area contributed by atoms with Crippen molar-refractivity contribution in [3.8, 4) is 0 Å². The number of nitrogens with zero attached hydrogens (tertiary/aromatic N) is 3. The number of hydrogen-bond donors (Lipinski definition) is 2. The SMILES string of the molecule is C[C@@H](O)[C@@H]1C(=O)N2C(C(=O)O)=C(SCCc3ncc4sccn34)[C@H](C)[C@@H]12. The highest BCUT2D eigenvalue weighted by molar-refractivity contribution is 8.03. The van der Waals surface area contributed by atoms with Crippen LogP contribution in [0.5, 0.6) is 0 Å². The van der Waals surface area contributed by atoms with Crippen LogP contribution in [0.15, 0.2) is 28.4 Å². The predicted molar refractivity (Wildman–Crippen MR) is 98.9 cm³/mol. The summed E-state index contributed by atoms with van der Waals surface area (Å²) in [5.74, 6) is -0.365. The van der Waals surface area contributed by atoms with Crippen LogP contribution in [0.2, 0.25) is 0 Å². The number of aliphatic carboxylic acids is 1. The van der Waals surface area contributed by atoms with Crippen molar-refractivity contribution in [1.82, 2.24) is 14.3 Å². The number of imidazole rings is 1. The molecule has 0 bridgehead atoms. The minimum atomic E-state index is -1.08. The molecule has 7 nitrogen and oxygen atoms in total. The largest absolute Gasteiger partial charge is 0.477 e. The number of carbonyl (C=O) groups excluding carboxylic acids is 1. The maximum Gasteiger partial charge on any atom is 0.353 e. The number of hydrogen-bond acceptors (Lipinski definition) is 6. The summed E-state index contributed by atoms with van der Waals surface area (Å²) in [6, 6.07) is -0.258. The molecule has 2 aliphatic heterocycles. The molecule has 0 unspecified atom stereocenters. The van der Waals surface area contributed by atoms with Crippen molar-refractivity contribution in [3.63, 3.8) is 0 Å². The highest BCUT2D eigenvalue weighted by atomic mass is 32.2. The van der Waals surface area contributed by atoms with Gasteiger partial charge in [0, 0.05) is 34.6 Å². The highest BCUT2D eigenvalue weighted by Crippen LogP contribution is 2.50. The Balaban J connectivity index is 1.52. The Morgan fingerprint density at radius 2 is 2.27 bits per heavy atom. The second-order valence-electron chi connectivity index (χ2n) is 6.66. The van der Waals surface area contributed by atoms with Gasteiger partial charge in [0.2, 0.25) is 5.91 Å². The number of aryl methyl sites for hydroxylation is 1. The summed E-state index contributed by atoms with van der Waals surface area (Å²) in [6.07, 6.45) is 3.74. The van der Waals surface area contributed by atoms with Crippen LogP contribution < -0.4 is 0 Å². The lowest BCUT2D eigenvalue weighted by Crippen LogP contribution is -2.63. The molecule has 0 saturated carbocycles. The van der Waals surface area contributed by atoms with Crippen LogP contribution in [-0.4, -0.2) is 54.3 Å². The zero-order valence-electron chi connectivity index (χ0n) is 14.3. The fourth-order valence-electron chi connectivity index (χ4n) is 3.94. The number of aliphatic hydroxyl groups excluding tert-OH is 1. The van der Waals surface area contributed by atoms with E-state index in [-0.39, 0.29) is 23.6 Å². The van der Waals surface area contributed by atoms with Crippen LogP contribution in [-0.2, 0) is 16.0 Å². The molecule has 4 atom stereocenters. The van der Waals surface area contributed by atoms with E-state index in [1.54, 1.807) is 18.3 Å². The molecule has 0 aliphatic carbocycles. The zero-order chi connectivity index (χ0) is 18.6. The van der Waals surface area contributed by atoms with Gasteiger partial charge in [-0.1, -0.05) is 6.92 Å². The summed E-state index contributed by atoms with van der Waals surface area (Å²) >= 11 is 3.10. The third kappa shape index (κ3) is 2.49. The fourth-order valence-corrected chi connectivity index (χ4v) is 5.89. The van der Waals surface area contributed by atoms with E-state index >= 15 is 0 Å². The van der Waals surface area contributed by atoms with Crippen LogP contribution in [0.4, 0.5) is 0 Å². The minimum absolute atomic E-state index is 0.0817. The number of rotatable bonds is 6. The smallest absolute Gasteiger partial charge is 0.353 e. The van der Waals surface area contributed by atoms with Crippen molar-refractivity contribution in [2.45, 2.75) is 32.4 Å². The quantitative estimate of drug-likeness (QED) is 0.727. The third-order valence-electron chi connectivity index (χ3n) is 5.13. The van der Waals surface area contributed by atoms with Crippen molar-refractivity contribution in [2.75, 3.05) is 5.75 Å². The maximum absolute atomic E-state index is 12.3. The van der Waals surface area contributed by atoms with E-state index in [1.165, 1.54) is 16.7 Å². The van der Waals surface area contributed by atoms with Crippen molar-refractivity contribution in [1.29, 1.82) is 0 Å². The molecule has 1 saturated heterocycles. The molecule has 2 N–H and O–H groups in total. The van der Waals surface area contributed by atoms with Gasteiger partial charge in [-0.15, -0.1) is 23.1 Å². The predicted octanol–water partition coefficient (Wildman–Crippen LogP) is 1.83. The molecule has 2 aromatic heterocycles. The van der Waals surface area contributed by atoms with Gasteiger partial charge in [-0.3, -0.25) is 9.20 Å². The Kier molecular flexibility index (Phi) is 4.32. The zero-order valence-corrected chi connectivity index (χ0v) is 16.0. The number of thioether (sulfide) groups is 1. The molecule has 2 aromatic rings. The van der Waals surface area contributed by atoms with Gasteiger partial charge in [0.05, 0.1) is 24.3 Å². The summed E-state index contributed by atoms with van der Waals surface area (Å²) in [6.45, 7) is 3.52. The second-order valence-corrected chi connectivity index (χ2v) is 8.72. The Hall–Kier alpha value is -1.84. The summed E-state index contributed by atoms with van der Waals surface area (Å²) in [5, 5.41) is 21.5. The molecule has 0 radical (unpaired) electrons. The summed E-state index contributed by atoms with van der Waals surface area (Å²) in [5.41, 5.74) is 0.0817. The van der Waals surface area contributed by atoms with Crippen LogP contribution in [0.1, 0.15) is 19.7 Å². The maximum atomic E-state index is 12.3. The normalized spacial score (nSPS) is 26.3. The topological polar surface area (TPSA) is 95.1 Å². The van der Waals surface area contributed by atoms with Crippen LogP contribution in [0.3, 0.4) is 0 Å². The van der Waals surface area contributed by atoms with Crippen molar-refractivity contribution in [2.24, 2.45) is 11.8 Å². The summed E-state index contributed by atoms with van der Waals surface area (Å²) in [4.78, 5) is 31.6. The van der Waals surface area contributed by atoms with Crippen LogP contribution >= 0.6 is 23.1 Å². The van der Waals surface area contributed by atoms with E-state index in [4.69, 9.17) is 0 Å². The minimum Gasteiger partial charge on any atom is -0.477 e. The number of carboxylic acid groups (broad SMARTS) is 1. The van der Waals surface area contributed by atoms with E-state index in [0.29, 0.717) is 12.2 Å². The highest BCUT2D eigenvalue weighted by Gasteiger charge is 2.59. The molecule has 0 spiro atoms. The second kappa shape index (κ2) is 6.40. The lowest BCUT2D eigenvalue weighted by Gasteiger charge is -2.46. The van der Waals surface area contributed by atoms with E-state index < -0.39 is 18.0 Å². The first-order valence-corrected chi connectivity index (χ1v) is 10.3. The number of carbonyl (C=O) groups is 2. The Labute approximate surface area is 158 Å². The first-order valence-electron chi connectivity index (χ1n) is 8.42. The molecule has 138 valence electrons. The first kappa shape index (κ1) is 17.6. The number of amides is 1. The molecular formula is C17H19N3O4S2. The van der Waals surface area contributed by atoms with Gasteiger partial charge in [-0.2, -0.15) is 0 Å². The number of fused-ring (bicyclic) bond motifs is 2. The lowest BCUT2D eigenvalue weighted by atomic mass is 9.79. The van der Waals surface area contributed by atoms with E-state index in [1.807, 2.05) is 29.1 Å². The summed E-state index contributed by atoms with van der Waals surface area (Å²) < 4.78 is 2.04. The van der Waals surface area contributed by atoms with E-state index in [2.05, 4.69) is 4.98 Å². The van der Waals surface area contributed by atoms with Gasteiger partial charge in [0.1, 0.15) is 16.4 Å². The average molecular weight is 393 g/mol. The Morgan fingerprint density at radius 3 is 2.96 bits per heavy atom. The standard InChI is InChI=1S/C17H19N3O4S2/c1-8-13-12(9(2)21)16(22)20(13)14(17(23)24)15(8)26-5-3-10-18-7-11-19(10)4-6-25-11/h4,6-9,12-13,21H,3,5H2,1-2H3,(H,23,24)/t8-,9-,12+,13+/m1/s1. The molecule has 9 heteroatoms. The molecule has 4 heterocycles. The van der Waals surface area contributed by atoms with Crippen molar-refractivity contribution >= 4 is 39.8 Å². The van der Waals surface area contributed by atoms with Crippen molar-refractivity contribution in [3.05, 3.63) is 34.2 Å². The molecule has 1 amide bonds. The number of carboxylic acids is 1. The summed E-state index contributed by atoms with van der Waals surface area (Å²) in [7, 11) is 0. The van der Waals surface area contributed by atoms with E-state index in [0.717, 1.165) is 15.6 Å². The van der Waals surface area contributed by atoms with Gasteiger partial charge in [-0.05, 0) is 6.92 Å². The Bertz CT molecular complexity index is 916. The molecule has 4 rings (SSSR count). The molecular weight excluding hydrogens is 374 g/mol. The van der Waals surface area contributed by atoms with Gasteiger partial charge in [0.15, 0.2) is 0 Å². The molecule has 0 aromatic carbocycles. The van der Waals surface area contributed by atoms with E-state index in [9.17, 15) is 19.8 Å². The van der Waals surface area contributed by atoms with Crippen LogP contribution in [0, 0.1) is 11.8 Å². The van der Waals surface area contributed by atoms with Gasteiger partial charge < -0.3 is 15.1 Å². The number of aromatic nitrogens is 2. The number of aliphatic hydroxyl groups is 1. The van der Waals surface area contributed by atoms with Gasteiger partial charge in [0.25, 0.3) is 0 Å². The molecule has 26 heavy (non-hydrogen) atoms. The average Bonchev–Trinajstić information content (AvgIpc) is 3.22. The molecule has 1 fully saturated rings. The number of β-lactam (4-membered cyclic amide) rings is 1. The van der Waals surface area contributed by atoms with Crippen molar-refractivity contribution < 1.29 is 19.8 Å². The lowest BCUT2D eigenvalue weighted by molar-refractivity contribution is -0.163. The van der Waals surface area contributed by atoms with Crippen LogP contribution in [0.25, 0.3) is 4.83 Å². The van der Waals surface area contributed by atoms with Gasteiger partial charge >= 0.3 is 5.97 Å². The number of thiazole rings is 1. The van der Waals surface area contributed by atoms with Gasteiger partial charge in [-0.25, -0.2) is 9.78 Å². The Morgan fingerprint density at radius 1 is 1.50 bits per heavy atom. The monoisotopic (exact) mass is 393 g/mol. The third-order valence-corrected chi connectivity index (χ3v) is 7.22. The first-order chi connectivity index (χ1) is 12.4. The fraction of sp³-hybridized carbons (Fsp3) is 0.471. The molecule has 2 aliphatic rings.